The van der Waals surface area contributed by atoms with E-state index in [0.717, 1.165) is 6.20 Å². The second-order valence-electron chi connectivity index (χ2n) is 5.03. The smallest absolute Gasteiger partial charge is 0.406 e. The molecule has 2 aromatic heterocycles. The molecule has 1 saturated heterocycles. The molecule has 25 heavy (non-hydrogen) atoms. The molecule has 10 nitrogen and oxygen atoms in total. The van der Waals surface area contributed by atoms with Crippen molar-refractivity contribution in [3.05, 3.63) is 46.8 Å². The van der Waals surface area contributed by atoms with Crippen LogP contribution in [0.15, 0.2) is 41.6 Å². The highest BCUT2D eigenvalue weighted by Crippen LogP contribution is 2.28. The predicted octanol–water partition coefficient (Wildman–Crippen LogP) is 1.20. The normalized spacial score (nSPS) is 15.7. The van der Waals surface area contributed by atoms with Crippen LogP contribution in [0.5, 0.6) is 11.6 Å². The first kappa shape index (κ1) is 17.2. The van der Waals surface area contributed by atoms with Crippen molar-refractivity contribution in [3.8, 4) is 11.6 Å². The molecule has 2 aromatic rings. The molecule has 1 fully saturated rings. The lowest BCUT2D eigenvalue weighted by atomic mass is 10.4. The van der Waals surface area contributed by atoms with Gasteiger partial charge in [-0.25, -0.2) is 13.4 Å². The molecule has 0 spiro atoms. The van der Waals surface area contributed by atoms with Crippen LogP contribution < -0.4 is 4.74 Å². The fourth-order valence-electron chi connectivity index (χ4n) is 2.23. The highest BCUT2D eigenvalue weighted by atomic mass is 32.2. The fraction of sp³-hybridized carbons (Fsp3) is 0.286. The summed E-state index contributed by atoms with van der Waals surface area (Å²) in [6.07, 6.45) is 2.43. The summed E-state index contributed by atoms with van der Waals surface area (Å²) in [6.45, 7) is 1.25. The van der Waals surface area contributed by atoms with Crippen LogP contribution in [-0.2, 0) is 14.8 Å². The predicted molar refractivity (Wildman–Crippen MR) is 84.8 cm³/mol. The van der Waals surface area contributed by atoms with Crippen molar-refractivity contribution in [3.63, 3.8) is 0 Å². The molecule has 1 aliphatic heterocycles. The number of morpholine rings is 1. The van der Waals surface area contributed by atoms with Crippen LogP contribution in [0.1, 0.15) is 0 Å². The van der Waals surface area contributed by atoms with Crippen molar-refractivity contribution in [2.45, 2.75) is 4.90 Å². The molecule has 0 saturated carbocycles. The highest BCUT2D eigenvalue weighted by molar-refractivity contribution is 7.89. The number of pyridine rings is 2. The molecule has 0 atom stereocenters. The Hall–Kier alpha value is -2.63. The number of hydrogen-bond acceptors (Lipinski definition) is 8. The molecule has 3 rings (SSSR count). The fourth-order valence-corrected chi connectivity index (χ4v) is 3.58. The van der Waals surface area contributed by atoms with Gasteiger partial charge in [0.25, 0.3) is 0 Å². The minimum absolute atomic E-state index is 0.0161. The maximum absolute atomic E-state index is 12.5. The summed E-state index contributed by atoms with van der Waals surface area (Å²) in [4.78, 5) is 17.8. The van der Waals surface area contributed by atoms with Crippen molar-refractivity contribution in [2.24, 2.45) is 0 Å². The summed E-state index contributed by atoms with van der Waals surface area (Å²) in [5.74, 6) is -0.505. The largest absolute Gasteiger partial charge is 0.430 e. The lowest BCUT2D eigenvalue weighted by Crippen LogP contribution is -2.40. The SMILES string of the molecule is O=[N+]([O-])c1ncccc1Oc1ccc(S(=O)(=O)N2CCOCC2)cn1. The van der Waals surface area contributed by atoms with Crippen LogP contribution in [0.4, 0.5) is 5.82 Å². The van der Waals surface area contributed by atoms with Crippen molar-refractivity contribution in [1.29, 1.82) is 0 Å². The van der Waals surface area contributed by atoms with E-state index < -0.39 is 20.8 Å². The van der Waals surface area contributed by atoms with E-state index in [1.54, 1.807) is 0 Å². The van der Waals surface area contributed by atoms with Crippen LogP contribution in [0.2, 0.25) is 0 Å². The van der Waals surface area contributed by atoms with Gasteiger partial charge in [-0.15, -0.1) is 0 Å². The zero-order chi connectivity index (χ0) is 17.9. The van der Waals surface area contributed by atoms with Gasteiger partial charge in [0.15, 0.2) is 0 Å². The zero-order valence-electron chi connectivity index (χ0n) is 12.9. The van der Waals surface area contributed by atoms with Crippen LogP contribution in [0.3, 0.4) is 0 Å². The van der Waals surface area contributed by atoms with Gasteiger partial charge in [0, 0.05) is 19.2 Å². The molecule has 0 bridgehead atoms. The van der Waals surface area contributed by atoms with Crippen LogP contribution in [-0.4, -0.2) is 53.9 Å². The Bertz CT molecular complexity index is 865. The van der Waals surface area contributed by atoms with Gasteiger partial charge in [-0.05, 0) is 28.1 Å². The molecule has 3 heterocycles. The van der Waals surface area contributed by atoms with Gasteiger partial charge >= 0.3 is 5.82 Å². The molecule has 11 heteroatoms. The summed E-state index contributed by atoms with van der Waals surface area (Å²) in [5, 5.41) is 10.9. The molecule has 1 aliphatic rings. The lowest BCUT2D eigenvalue weighted by molar-refractivity contribution is -0.390. The number of aromatic nitrogens is 2. The van der Waals surface area contributed by atoms with E-state index >= 15 is 0 Å². The molecular formula is C14H14N4O6S. The number of hydrogen-bond donors (Lipinski definition) is 0. The number of ether oxygens (including phenoxy) is 2. The summed E-state index contributed by atoms with van der Waals surface area (Å²) < 4.78 is 36.8. The van der Waals surface area contributed by atoms with Crippen molar-refractivity contribution < 1.29 is 22.8 Å². The molecule has 132 valence electrons. The van der Waals surface area contributed by atoms with E-state index in [1.165, 1.54) is 34.8 Å². The summed E-state index contributed by atoms with van der Waals surface area (Å²) in [5.41, 5.74) is 0. The minimum Gasteiger partial charge on any atom is -0.430 e. The molecule has 0 amide bonds. The third-order valence-electron chi connectivity index (χ3n) is 3.46. The van der Waals surface area contributed by atoms with Crippen molar-refractivity contribution in [1.82, 2.24) is 14.3 Å². The summed E-state index contributed by atoms with van der Waals surface area (Å²) in [7, 11) is -3.66. The standard InChI is InChI=1S/C14H14N4O6S/c19-18(20)14-12(2-1-5-15-14)24-13-4-3-11(10-16-13)25(21,22)17-6-8-23-9-7-17/h1-5,10H,6-9H2. The van der Waals surface area contributed by atoms with Gasteiger partial charge in [0.1, 0.15) is 11.1 Å². The first-order chi connectivity index (χ1) is 12.0. The monoisotopic (exact) mass is 366 g/mol. The first-order valence-electron chi connectivity index (χ1n) is 7.30. The Morgan fingerprint density at radius 1 is 1.20 bits per heavy atom. The van der Waals surface area contributed by atoms with E-state index in [2.05, 4.69) is 9.97 Å². The second-order valence-corrected chi connectivity index (χ2v) is 6.97. The molecule has 0 aromatic carbocycles. The number of sulfonamides is 1. The Balaban J connectivity index is 1.80. The number of nitrogens with zero attached hydrogens (tertiary/aromatic N) is 4. The Labute approximate surface area is 143 Å². The Morgan fingerprint density at radius 2 is 1.96 bits per heavy atom. The third-order valence-corrected chi connectivity index (χ3v) is 5.34. The van der Waals surface area contributed by atoms with E-state index in [9.17, 15) is 18.5 Å². The van der Waals surface area contributed by atoms with Gasteiger partial charge in [0.2, 0.25) is 21.7 Å². The average Bonchev–Trinajstić information content (AvgIpc) is 2.63. The number of nitro groups is 1. The minimum atomic E-state index is -3.66. The van der Waals surface area contributed by atoms with Gasteiger partial charge in [-0.1, -0.05) is 0 Å². The van der Waals surface area contributed by atoms with Crippen molar-refractivity contribution >= 4 is 15.8 Å². The van der Waals surface area contributed by atoms with Crippen LogP contribution in [0.25, 0.3) is 0 Å². The molecule has 0 unspecified atom stereocenters. The van der Waals surface area contributed by atoms with E-state index in [4.69, 9.17) is 9.47 Å². The van der Waals surface area contributed by atoms with Gasteiger partial charge in [0.05, 0.1) is 19.4 Å². The van der Waals surface area contributed by atoms with Gasteiger partial charge in [-0.2, -0.15) is 4.31 Å². The van der Waals surface area contributed by atoms with Gasteiger partial charge < -0.3 is 19.6 Å². The van der Waals surface area contributed by atoms with Crippen LogP contribution in [0, 0.1) is 10.1 Å². The zero-order valence-corrected chi connectivity index (χ0v) is 13.8. The maximum Gasteiger partial charge on any atom is 0.406 e. The second kappa shape index (κ2) is 7.09. The van der Waals surface area contributed by atoms with E-state index in [1.807, 2.05) is 0 Å². The molecule has 0 N–H and O–H groups in total. The van der Waals surface area contributed by atoms with E-state index in [0.29, 0.717) is 13.2 Å². The third kappa shape index (κ3) is 3.73. The highest BCUT2D eigenvalue weighted by Gasteiger charge is 2.26. The molecule has 0 radical (unpaired) electrons. The van der Waals surface area contributed by atoms with Crippen molar-refractivity contribution in [2.75, 3.05) is 26.3 Å². The van der Waals surface area contributed by atoms with Crippen LogP contribution >= 0.6 is 0 Å². The van der Waals surface area contributed by atoms with E-state index in [-0.39, 0.29) is 29.6 Å². The maximum atomic E-state index is 12.5. The Kier molecular flexibility index (Phi) is 4.88. The quantitative estimate of drug-likeness (QED) is 0.571. The first-order valence-corrected chi connectivity index (χ1v) is 8.74. The average molecular weight is 366 g/mol. The molecular weight excluding hydrogens is 352 g/mol. The lowest BCUT2D eigenvalue weighted by Gasteiger charge is -2.25. The Morgan fingerprint density at radius 3 is 2.60 bits per heavy atom. The molecule has 0 aliphatic carbocycles. The summed E-state index contributed by atoms with van der Waals surface area (Å²) >= 11 is 0. The topological polar surface area (TPSA) is 125 Å². The van der Waals surface area contributed by atoms with Gasteiger partial charge in [-0.3, -0.25) is 0 Å². The number of rotatable bonds is 5. The summed E-state index contributed by atoms with van der Waals surface area (Å²) in [6, 6.07) is 5.55.